The number of nitrogens with zero attached hydrogens (tertiary/aromatic N) is 2. The number of hydrogen-bond donors (Lipinski definition) is 0. The molecule has 94 valence electrons. The standard InChI is InChI=1S/C12H17BrN2O2/c1-8-6-15(7-9(2)14(8)3)12(16)10-4-5-17-11(10)13/h4-5,8-9H,6-7H2,1-3H3. The van der Waals surface area contributed by atoms with Crippen molar-refractivity contribution in [3.8, 4) is 0 Å². The fourth-order valence-corrected chi connectivity index (χ4v) is 2.60. The van der Waals surface area contributed by atoms with Gasteiger partial charge in [0.05, 0.1) is 11.8 Å². The van der Waals surface area contributed by atoms with E-state index in [2.05, 4.69) is 41.7 Å². The van der Waals surface area contributed by atoms with Crippen molar-refractivity contribution >= 4 is 21.8 Å². The quantitative estimate of drug-likeness (QED) is 0.798. The maximum absolute atomic E-state index is 12.3. The van der Waals surface area contributed by atoms with Crippen LogP contribution in [0.1, 0.15) is 24.2 Å². The summed E-state index contributed by atoms with van der Waals surface area (Å²) in [6.07, 6.45) is 1.53. The molecule has 17 heavy (non-hydrogen) atoms. The summed E-state index contributed by atoms with van der Waals surface area (Å²) >= 11 is 3.25. The third-order valence-corrected chi connectivity index (χ3v) is 4.11. The molecule has 0 saturated carbocycles. The van der Waals surface area contributed by atoms with Crippen LogP contribution in [-0.2, 0) is 0 Å². The number of carbonyl (C=O) groups excluding carboxylic acids is 1. The van der Waals surface area contributed by atoms with Crippen LogP contribution in [0.4, 0.5) is 0 Å². The molecular weight excluding hydrogens is 284 g/mol. The maximum Gasteiger partial charge on any atom is 0.258 e. The Bertz CT molecular complexity index is 406. The second-order valence-corrected chi connectivity index (χ2v) is 5.40. The number of rotatable bonds is 1. The van der Waals surface area contributed by atoms with Crippen LogP contribution in [0.15, 0.2) is 21.4 Å². The van der Waals surface area contributed by atoms with Crippen LogP contribution in [-0.4, -0.2) is 47.9 Å². The Kier molecular flexibility index (Phi) is 3.58. The van der Waals surface area contributed by atoms with Gasteiger partial charge in [-0.15, -0.1) is 0 Å². The zero-order chi connectivity index (χ0) is 12.6. The largest absolute Gasteiger partial charge is 0.457 e. The van der Waals surface area contributed by atoms with E-state index in [-0.39, 0.29) is 5.91 Å². The zero-order valence-electron chi connectivity index (χ0n) is 10.3. The molecule has 0 bridgehead atoms. The Balaban J connectivity index is 2.14. The van der Waals surface area contributed by atoms with Crippen molar-refractivity contribution < 1.29 is 9.21 Å². The molecule has 0 spiro atoms. The predicted octanol–water partition coefficient (Wildman–Crippen LogP) is 2.21. The van der Waals surface area contributed by atoms with Crippen LogP contribution in [0.3, 0.4) is 0 Å². The molecule has 2 heterocycles. The lowest BCUT2D eigenvalue weighted by atomic mass is 10.1. The number of hydrogen-bond acceptors (Lipinski definition) is 3. The van der Waals surface area contributed by atoms with Crippen LogP contribution in [0.5, 0.6) is 0 Å². The lowest BCUT2D eigenvalue weighted by Gasteiger charge is -2.42. The monoisotopic (exact) mass is 300 g/mol. The van der Waals surface area contributed by atoms with Gasteiger partial charge in [0.15, 0.2) is 4.67 Å². The van der Waals surface area contributed by atoms with Gasteiger partial charge in [-0.2, -0.15) is 0 Å². The molecule has 2 rings (SSSR count). The highest BCUT2D eigenvalue weighted by Crippen LogP contribution is 2.22. The predicted molar refractivity (Wildman–Crippen MR) is 69.0 cm³/mol. The summed E-state index contributed by atoms with van der Waals surface area (Å²) in [4.78, 5) is 16.5. The molecule has 4 nitrogen and oxygen atoms in total. The van der Waals surface area contributed by atoms with Gasteiger partial charge in [-0.1, -0.05) is 0 Å². The fraction of sp³-hybridized carbons (Fsp3) is 0.583. The van der Waals surface area contributed by atoms with E-state index in [1.54, 1.807) is 6.07 Å². The summed E-state index contributed by atoms with van der Waals surface area (Å²) in [6.45, 7) is 5.80. The van der Waals surface area contributed by atoms with Gasteiger partial charge in [0, 0.05) is 25.2 Å². The molecule has 5 heteroatoms. The average Bonchev–Trinajstić information content (AvgIpc) is 2.70. The molecule has 0 N–H and O–H groups in total. The normalized spacial score (nSPS) is 26.2. The second-order valence-electron chi connectivity index (χ2n) is 4.68. The maximum atomic E-state index is 12.3. The molecular formula is C12H17BrN2O2. The van der Waals surface area contributed by atoms with E-state index < -0.39 is 0 Å². The van der Waals surface area contributed by atoms with Crippen molar-refractivity contribution in [2.75, 3.05) is 20.1 Å². The lowest BCUT2D eigenvalue weighted by molar-refractivity contribution is 0.0412. The van der Waals surface area contributed by atoms with Gasteiger partial charge >= 0.3 is 0 Å². The second kappa shape index (κ2) is 4.82. The number of amides is 1. The molecule has 1 saturated heterocycles. The molecule has 1 aliphatic heterocycles. The number of furan rings is 1. The number of halogens is 1. The van der Waals surface area contributed by atoms with Gasteiger partial charge < -0.3 is 9.32 Å². The smallest absolute Gasteiger partial charge is 0.258 e. The molecule has 0 aliphatic carbocycles. The van der Waals surface area contributed by atoms with Crippen molar-refractivity contribution in [3.05, 3.63) is 22.6 Å². The van der Waals surface area contributed by atoms with Crippen molar-refractivity contribution in [2.45, 2.75) is 25.9 Å². The first-order valence-corrected chi connectivity index (χ1v) is 6.54. The van der Waals surface area contributed by atoms with Crippen LogP contribution < -0.4 is 0 Å². The highest BCUT2D eigenvalue weighted by atomic mass is 79.9. The Morgan fingerprint density at radius 3 is 2.47 bits per heavy atom. The van der Waals surface area contributed by atoms with Crippen LogP contribution in [0.2, 0.25) is 0 Å². The molecule has 1 aromatic heterocycles. The van der Waals surface area contributed by atoms with E-state index in [1.807, 2.05) is 4.90 Å². The number of carbonyl (C=O) groups is 1. The Morgan fingerprint density at radius 1 is 1.41 bits per heavy atom. The highest BCUT2D eigenvalue weighted by molar-refractivity contribution is 9.10. The number of piperazine rings is 1. The molecule has 1 amide bonds. The van der Waals surface area contributed by atoms with Gasteiger partial charge in [0.2, 0.25) is 0 Å². The minimum atomic E-state index is 0.0393. The summed E-state index contributed by atoms with van der Waals surface area (Å²) in [5.41, 5.74) is 0.606. The molecule has 1 aromatic rings. The van der Waals surface area contributed by atoms with Crippen LogP contribution >= 0.6 is 15.9 Å². The van der Waals surface area contributed by atoms with Crippen molar-refractivity contribution in [3.63, 3.8) is 0 Å². The SMILES string of the molecule is CC1CN(C(=O)c2ccoc2Br)CC(C)N1C. The fourth-order valence-electron chi connectivity index (χ4n) is 2.19. The van der Waals surface area contributed by atoms with E-state index >= 15 is 0 Å². The van der Waals surface area contributed by atoms with Gasteiger partial charge in [0.1, 0.15) is 0 Å². The van der Waals surface area contributed by atoms with E-state index in [0.717, 1.165) is 13.1 Å². The molecule has 1 fully saturated rings. The summed E-state index contributed by atoms with van der Waals surface area (Å²) in [6, 6.07) is 2.47. The summed E-state index contributed by atoms with van der Waals surface area (Å²) < 4.78 is 5.63. The van der Waals surface area contributed by atoms with Crippen molar-refractivity contribution in [1.82, 2.24) is 9.80 Å². The minimum absolute atomic E-state index is 0.0393. The van der Waals surface area contributed by atoms with Crippen LogP contribution in [0.25, 0.3) is 0 Å². The zero-order valence-corrected chi connectivity index (χ0v) is 11.9. The lowest BCUT2D eigenvalue weighted by Crippen LogP contribution is -2.56. The summed E-state index contributed by atoms with van der Waals surface area (Å²) in [5, 5.41) is 0. The van der Waals surface area contributed by atoms with Gasteiger partial charge in [-0.3, -0.25) is 9.69 Å². The van der Waals surface area contributed by atoms with E-state index in [0.29, 0.717) is 22.3 Å². The van der Waals surface area contributed by atoms with Crippen molar-refractivity contribution in [2.24, 2.45) is 0 Å². The summed E-state index contributed by atoms with van der Waals surface area (Å²) in [5.74, 6) is 0.0393. The molecule has 2 unspecified atom stereocenters. The van der Waals surface area contributed by atoms with Gasteiger partial charge in [0.25, 0.3) is 5.91 Å². The first-order valence-electron chi connectivity index (χ1n) is 5.75. The first-order chi connectivity index (χ1) is 8.00. The molecule has 0 aromatic carbocycles. The Labute approximate surface area is 110 Å². The number of likely N-dealkylation sites (N-methyl/N-ethyl adjacent to an activating group) is 1. The third kappa shape index (κ3) is 2.40. The molecule has 1 aliphatic rings. The van der Waals surface area contributed by atoms with Crippen molar-refractivity contribution in [1.29, 1.82) is 0 Å². The Hall–Kier alpha value is -0.810. The molecule has 0 radical (unpaired) electrons. The molecule has 2 atom stereocenters. The summed E-state index contributed by atoms with van der Waals surface area (Å²) in [7, 11) is 2.10. The van der Waals surface area contributed by atoms with E-state index in [1.165, 1.54) is 6.26 Å². The van der Waals surface area contributed by atoms with Gasteiger partial charge in [-0.25, -0.2) is 0 Å². The third-order valence-electron chi connectivity index (χ3n) is 3.50. The average molecular weight is 301 g/mol. The van der Waals surface area contributed by atoms with E-state index in [9.17, 15) is 4.79 Å². The highest BCUT2D eigenvalue weighted by Gasteiger charge is 2.30. The first kappa shape index (κ1) is 12.6. The van der Waals surface area contributed by atoms with E-state index in [4.69, 9.17) is 4.42 Å². The topological polar surface area (TPSA) is 36.7 Å². The Morgan fingerprint density at radius 2 is 2.00 bits per heavy atom. The minimum Gasteiger partial charge on any atom is -0.457 e. The van der Waals surface area contributed by atoms with Gasteiger partial charge in [-0.05, 0) is 42.9 Å². The van der Waals surface area contributed by atoms with Crippen LogP contribution in [0, 0.1) is 0 Å².